The zero-order valence-electron chi connectivity index (χ0n) is 36.1. The Kier molecular flexibility index (Phi) is 34.4. The van der Waals surface area contributed by atoms with Gasteiger partial charge in [-0.3, -0.25) is 29.8 Å². The molecular formula is C38H65F2N12O11P. The van der Waals surface area contributed by atoms with Crippen molar-refractivity contribution >= 4 is 56.1 Å². The van der Waals surface area contributed by atoms with Gasteiger partial charge in [0.2, 0.25) is 23.3 Å². The molecule has 2 aromatic heterocycles. The second kappa shape index (κ2) is 36.6. The molecule has 3 rings (SSSR count). The molecule has 0 saturated carbocycles. The highest BCUT2D eigenvalue weighted by molar-refractivity contribution is 7.09. The third kappa shape index (κ3) is 23.0. The minimum Gasteiger partial charge on any atom is -0.465 e. The fraction of sp³-hybridized carbons (Fsp3) is 0.579. The number of nitro groups is 2. The lowest BCUT2D eigenvalue weighted by Crippen LogP contribution is -2.35. The molecule has 0 saturated heterocycles. The number of anilines is 4. The smallest absolute Gasteiger partial charge is 0.353 e. The molecule has 23 nitrogen and oxygen atoms in total. The van der Waals surface area contributed by atoms with Crippen LogP contribution in [0.3, 0.4) is 0 Å². The van der Waals surface area contributed by atoms with Crippen molar-refractivity contribution < 1.29 is 52.4 Å². The number of unbranched alkanes of at least 4 members (excludes halogenated alkanes) is 2. The molecule has 0 bridgehead atoms. The summed E-state index contributed by atoms with van der Waals surface area (Å²) in [6, 6.07) is 9.81. The van der Waals surface area contributed by atoms with Crippen molar-refractivity contribution in [3.05, 3.63) is 56.1 Å². The Balaban J connectivity index is 0. The zero-order valence-corrected chi connectivity index (χ0v) is 37.2. The monoisotopic (exact) mass is 934 g/mol. The number of nitrogens with zero attached hydrogens (tertiary/aromatic N) is 8. The number of nitrogens with two attached hydrogens (primary N) is 3. The number of hydrogen-bond donors (Lipinski definition) is 5. The van der Waals surface area contributed by atoms with Gasteiger partial charge in [0, 0.05) is 19.6 Å². The molecular weight excluding hydrogens is 869 g/mol. The van der Waals surface area contributed by atoms with E-state index in [-0.39, 0.29) is 75.6 Å². The third-order valence-electron chi connectivity index (χ3n) is 8.00. The van der Waals surface area contributed by atoms with Crippen molar-refractivity contribution in [1.29, 1.82) is 0 Å². The van der Waals surface area contributed by atoms with Gasteiger partial charge in [0.15, 0.2) is 0 Å². The van der Waals surface area contributed by atoms with Crippen LogP contribution in [0.15, 0.2) is 30.3 Å². The van der Waals surface area contributed by atoms with E-state index in [1.165, 1.54) is 9.80 Å². The predicted octanol–water partition coefficient (Wildman–Crippen LogP) is 4.80. The Labute approximate surface area is 374 Å². The Morgan fingerprint density at radius 3 is 1.55 bits per heavy atom. The SMILES string of the molecule is C.CCCCOc1nc(N)c([N+](=O)[O-])c(N(CCCN)CC(=O)OCC)n1.CCCCOc1nc(N)c([N+](=O)[O-])c(N(CCCNCc2ccccc2)CC(=O)OCC)n1.FP.OF. The normalized spacial score (nSPS) is 9.89. The second-order valence-corrected chi connectivity index (χ2v) is 12.7. The van der Waals surface area contributed by atoms with Crippen LogP contribution < -0.4 is 41.8 Å². The van der Waals surface area contributed by atoms with Gasteiger partial charge in [0.1, 0.15) is 13.1 Å². The zero-order chi connectivity index (χ0) is 47.6. The van der Waals surface area contributed by atoms with Crippen LogP contribution in [0, 0.1) is 20.2 Å². The number of carbonyl (C=O) groups excluding carboxylic acids is 2. The average molecular weight is 935 g/mol. The lowest BCUT2D eigenvalue weighted by atomic mass is 10.2. The minimum absolute atomic E-state index is 0. The van der Waals surface area contributed by atoms with Gasteiger partial charge >= 0.3 is 35.3 Å². The molecule has 64 heavy (non-hydrogen) atoms. The molecule has 8 N–H and O–H groups in total. The summed E-state index contributed by atoms with van der Waals surface area (Å²) in [5.41, 5.74) is 17.3. The second-order valence-electron chi connectivity index (χ2n) is 12.7. The molecule has 0 spiro atoms. The number of nitrogens with one attached hydrogen (secondary N) is 1. The fourth-order valence-electron chi connectivity index (χ4n) is 5.16. The van der Waals surface area contributed by atoms with Gasteiger partial charge in [-0.15, -0.1) is 0 Å². The van der Waals surface area contributed by atoms with E-state index in [4.69, 9.17) is 46.0 Å². The average Bonchev–Trinajstić information content (AvgIpc) is 3.26. The van der Waals surface area contributed by atoms with Crippen molar-refractivity contribution in [3.63, 3.8) is 0 Å². The molecule has 0 aliphatic carbocycles. The summed E-state index contributed by atoms with van der Waals surface area (Å²) < 4.78 is 38.8. The number of ether oxygens (including phenoxy) is 4. The Hall–Kier alpha value is -5.91. The number of rotatable bonds is 27. The van der Waals surface area contributed by atoms with Crippen molar-refractivity contribution in [2.75, 3.05) is 87.0 Å². The van der Waals surface area contributed by atoms with Crippen LogP contribution in [0.4, 0.5) is 43.4 Å². The maximum atomic E-state index is 12.2. The summed E-state index contributed by atoms with van der Waals surface area (Å²) in [6.07, 6.45) is 4.44. The molecule has 26 heteroatoms. The Morgan fingerprint density at radius 2 is 1.17 bits per heavy atom. The maximum absolute atomic E-state index is 12.2. The number of halogens is 2. The van der Waals surface area contributed by atoms with Gasteiger partial charge in [-0.1, -0.05) is 69.0 Å². The van der Waals surface area contributed by atoms with E-state index < -0.39 is 33.2 Å². The van der Waals surface area contributed by atoms with Crippen LogP contribution in [-0.4, -0.2) is 113 Å². The molecule has 1 aromatic carbocycles. The first-order valence-electron chi connectivity index (χ1n) is 19.9. The summed E-state index contributed by atoms with van der Waals surface area (Å²) >= 11 is 0. The predicted molar refractivity (Wildman–Crippen MR) is 242 cm³/mol. The highest BCUT2D eigenvalue weighted by Gasteiger charge is 2.31. The number of carbonyl (C=O) groups is 2. The lowest BCUT2D eigenvalue weighted by molar-refractivity contribution is -0.383. The van der Waals surface area contributed by atoms with E-state index in [9.17, 15) is 34.0 Å². The maximum Gasteiger partial charge on any atom is 0.353 e. The lowest BCUT2D eigenvalue weighted by Gasteiger charge is -2.23. The van der Waals surface area contributed by atoms with Crippen molar-refractivity contribution in [1.82, 2.24) is 25.3 Å². The topological polar surface area (TPSA) is 326 Å². The molecule has 362 valence electrons. The van der Waals surface area contributed by atoms with Gasteiger partial charge in [0.05, 0.1) is 45.8 Å². The molecule has 1 atom stereocenters. The van der Waals surface area contributed by atoms with E-state index >= 15 is 0 Å². The number of esters is 2. The molecule has 0 amide bonds. The summed E-state index contributed by atoms with van der Waals surface area (Å²) in [7, 11) is 0.917. The Morgan fingerprint density at radius 1 is 0.750 bits per heavy atom. The summed E-state index contributed by atoms with van der Waals surface area (Å²) in [5.74, 6) is -1.84. The van der Waals surface area contributed by atoms with Crippen LogP contribution >= 0.6 is 9.55 Å². The molecule has 3 aromatic rings. The van der Waals surface area contributed by atoms with Gasteiger partial charge in [-0.05, 0) is 58.2 Å². The van der Waals surface area contributed by atoms with Crippen molar-refractivity contribution in [3.8, 4) is 12.0 Å². The highest BCUT2D eigenvalue weighted by atomic mass is 31.1. The molecule has 0 radical (unpaired) electrons. The molecule has 2 heterocycles. The van der Waals surface area contributed by atoms with E-state index in [1.807, 2.05) is 44.2 Å². The third-order valence-corrected chi connectivity index (χ3v) is 8.00. The minimum atomic E-state index is -0.679. The summed E-state index contributed by atoms with van der Waals surface area (Å²) in [5, 5.41) is 32.0. The van der Waals surface area contributed by atoms with E-state index in [0.29, 0.717) is 52.2 Å². The van der Waals surface area contributed by atoms with E-state index in [0.717, 1.165) is 40.8 Å². The number of benzene rings is 1. The van der Waals surface area contributed by atoms with E-state index in [2.05, 4.69) is 25.3 Å². The summed E-state index contributed by atoms with van der Waals surface area (Å²) in [4.78, 5) is 64.9. The van der Waals surface area contributed by atoms with Gasteiger partial charge in [-0.25, -0.2) is 9.51 Å². The van der Waals surface area contributed by atoms with Crippen molar-refractivity contribution in [2.24, 2.45) is 5.73 Å². The van der Waals surface area contributed by atoms with Gasteiger partial charge < -0.3 is 51.3 Å². The van der Waals surface area contributed by atoms with Crippen molar-refractivity contribution in [2.45, 2.75) is 80.2 Å². The highest BCUT2D eigenvalue weighted by Crippen LogP contribution is 2.34. The number of aromatic nitrogens is 4. The molecule has 0 fully saturated rings. The van der Waals surface area contributed by atoms with Gasteiger partial charge in [-0.2, -0.15) is 19.9 Å². The first kappa shape index (κ1) is 60.2. The standard InChI is InChI=1S/C22H32N6O5.C15H26N6O5.CH4.FHO.FH2P/c1-3-5-14-33-22-25-20(23)19(28(30)31)21(26-22)27(16-18(29)32-4-2)13-9-12-24-15-17-10-7-6-8-11-17;1-3-5-9-26-15-18-13(17)12(21(23)24)14(19-15)20(8-6-7-16)10-11(22)25-4-2;;2*1-2/h6-8,10-11,24H,3-5,9,12-16H2,1-2H3,(H2,23,25,26);3-10,16H2,1-2H3,(H2,17,18,19);1H4;2H;2H2. The fourth-order valence-corrected chi connectivity index (χ4v) is 5.16. The Bertz CT molecular complexity index is 1780. The largest absolute Gasteiger partial charge is 0.465 e. The molecule has 1 unspecified atom stereocenters. The quantitative estimate of drug-likeness (QED) is 0.0225. The van der Waals surface area contributed by atoms with Gasteiger partial charge in [0.25, 0.3) is 0 Å². The van der Waals surface area contributed by atoms with Crippen LogP contribution in [0.25, 0.3) is 0 Å². The van der Waals surface area contributed by atoms with Crippen LogP contribution in [0.1, 0.15) is 79.2 Å². The van der Waals surface area contributed by atoms with E-state index in [1.54, 1.807) is 13.8 Å². The molecule has 0 aliphatic rings. The molecule has 0 aliphatic heterocycles. The number of nitrogen functional groups attached to an aromatic ring is 2. The number of hydrogen-bond acceptors (Lipinski definition) is 21. The van der Waals surface area contributed by atoms with Crippen LogP contribution in [-0.2, 0) is 25.6 Å². The summed E-state index contributed by atoms with van der Waals surface area (Å²) in [6.45, 7) is 10.3. The first-order valence-corrected chi connectivity index (χ1v) is 20.4. The van der Waals surface area contributed by atoms with Crippen LogP contribution in [0.2, 0.25) is 0 Å². The first-order chi connectivity index (χ1) is 30.4. The van der Waals surface area contributed by atoms with Crippen LogP contribution in [0.5, 0.6) is 12.0 Å².